The van der Waals surface area contributed by atoms with Gasteiger partial charge < -0.3 is 20.5 Å². The van der Waals surface area contributed by atoms with Crippen molar-refractivity contribution in [2.75, 3.05) is 20.2 Å². The Kier molecular flexibility index (Phi) is 7.11. The topological polar surface area (TPSA) is 70.6 Å². The second-order valence-electron chi connectivity index (χ2n) is 5.51. The van der Waals surface area contributed by atoms with E-state index in [1.807, 2.05) is 48.5 Å². The molecule has 0 aliphatic carbocycles. The van der Waals surface area contributed by atoms with Crippen molar-refractivity contribution in [3.05, 3.63) is 65.2 Å². The summed E-state index contributed by atoms with van der Waals surface area (Å²) in [6.07, 6.45) is 1.54. The van der Waals surface area contributed by atoms with E-state index in [2.05, 4.69) is 10.6 Å². The van der Waals surface area contributed by atoms with E-state index in [9.17, 15) is 4.79 Å². The Labute approximate surface area is 142 Å². The molecule has 0 unspecified atom stereocenters. The Hall–Kier alpha value is -2.53. The highest BCUT2D eigenvalue weighted by Crippen LogP contribution is 2.11. The van der Waals surface area contributed by atoms with Crippen LogP contribution in [-0.2, 0) is 19.4 Å². The predicted octanol–water partition coefficient (Wildman–Crippen LogP) is 2.27. The number of carbonyl (C=O) groups excluding carboxylic acids is 1. The maximum atomic E-state index is 11.7. The SMILES string of the molecule is COc1ccc(CCNC(=O)NCCc2ccc(CO)cc2)cc1. The minimum atomic E-state index is -0.157. The molecule has 5 nitrogen and oxygen atoms in total. The van der Waals surface area contributed by atoms with Gasteiger partial charge in [0.15, 0.2) is 0 Å². The number of nitrogens with one attached hydrogen (secondary N) is 2. The summed E-state index contributed by atoms with van der Waals surface area (Å²) in [5.74, 6) is 0.830. The summed E-state index contributed by atoms with van der Waals surface area (Å²) in [7, 11) is 1.64. The summed E-state index contributed by atoms with van der Waals surface area (Å²) in [4.78, 5) is 11.7. The summed E-state index contributed by atoms with van der Waals surface area (Å²) in [6.45, 7) is 1.21. The monoisotopic (exact) mass is 328 g/mol. The van der Waals surface area contributed by atoms with E-state index in [0.717, 1.165) is 35.3 Å². The largest absolute Gasteiger partial charge is 0.497 e. The zero-order valence-electron chi connectivity index (χ0n) is 13.9. The second kappa shape index (κ2) is 9.57. The molecular formula is C19H24N2O3. The number of benzene rings is 2. The molecule has 0 fully saturated rings. The number of amides is 2. The molecule has 2 aromatic carbocycles. The van der Waals surface area contributed by atoms with Crippen LogP contribution in [0.3, 0.4) is 0 Å². The summed E-state index contributed by atoms with van der Waals surface area (Å²) in [5, 5.41) is 14.7. The van der Waals surface area contributed by atoms with Gasteiger partial charge in [0.1, 0.15) is 5.75 Å². The van der Waals surface area contributed by atoms with Crippen LogP contribution in [0.25, 0.3) is 0 Å². The van der Waals surface area contributed by atoms with Gasteiger partial charge in [0.2, 0.25) is 0 Å². The number of aliphatic hydroxyl groups excluding tert-OH is 1. The molecule has 2 amide bonds. The Balaban J connectivity index is 1.62. The molecular weight excluding hydrogens is 304 g/mol. The van der Waals surface area contributed by atoms with Crippen LogP contribution in [0.4, 0.5) is 4.79 Å². The predicted molar refractivity (Wildman–Crippen MR) is 94.2 cm³/mol. The number of carbonyl (C=O) groups is 1. The molecule has 2 aromatic rings. The standard InChI is InChI=1S/C19H24N2O3/c1-24-18-8-6-16(7-9-18)11-13-21-19(23)20-12-10-15-2-4-17(14-22)5-3-15/h2-9,22H,10-14H2,1H3,(H2,20,21,23). The molecule has 24 heavy (non-hydrogen) atoms. The third kappa shape index (κ3) is 5.93. The first-order chi connectivity index (χ1) is 11.7. The van der Waals surface area contributed by atoms with Gasteiger partial charge in [-0.25, -0.2) is 4.79 Å². The molecule has 3 N–H and O–H groups in total. The molecule has 5 heteroatoms. The van der Waals surface area contributed by atoms with E-state index in [1.165, 1.54) is 0 Å². The van der Waals surface area contributed by atoms with Gasteiger partial charge in [-0.1, -0.05) is 36.4 Å². The van der Waals surface area contributed by atoms with Gasteiger partial charge in [-0.05, 0) is 41.7 Å². The quantitative estimate of drug-likeness (QED) is 0.696. The zero-order valence-corrected chi connectivity index (χ0v) is 13.9. The lowest BCUT2D eigenvalue weighted by molar-refractivity contribution is 0.241. The fourth-order valence-electron chi connectivity index (χ4n) is 2.31. The normalized spacial score (nSPS) is 10.2. The molecule has 0 radical (unpaired) electrons. The van der Waals surface area contributed by atoms with Crippen LogP contribution < -0.4 is 15.4 Å². The molecule has 0 spiro atoms. The Morgan fingerprint density at radius 3 is 1.79 bits per heavy atom. The van der Waals surface area contributed by atoms with E-state index in [-0.39, 0.29) is 12.6 Å². The summed E-state index contributed by atoms with van der Waals surface area (Å²) in [5.41, 5.74) is 3.17. The van der Waals surface area contributed by atoms with Crippen molar-refractivity contribution in [1.82, 2.24) is 10.6 Å². The van der Waals surface area contributed by atoms with Gasteiger partial charge >= 0.3 is 6.03 Å². The number of methoxy groups -OCH3 is 1. The first kappa shape index (κ1) is 17.8. The van der Waals surface area contributed by atoms with Gasteiger partial charge in [-0.2, -0.15) is 0 Å². The van der Waals surface area contributed by atoms with E-state index >= 15 is 0 Å². The number of hydrogen-bond donors (Lipinski definition) is 3. The number of urea groups is 1. The van der Waals surface area contributed by atoms with Gasteiger partial charge in [-0.3, -0.25) is 0 Å². The molecule has 0 aliphatic heterocycles. The zero-order chi connectivity index (χ0) is 17.2. The first-order valence-corrected chi connectivity index (χ1v) is 8.04. The fraction of sp³-hybridized carbons (Fsp3) is 0.316. The lowest BCUT2D eigenvalue weighted by Gasteiger charge is -2.08. The first-order valence-electron chi connectivity index (χ1n) is 8.04. The minimum absolute atomic E-state index is 0.0507. The summed E-state index contributed by atoms with van der Waals surface area (Å²) >= 11 is 0. The van der Waals surface area contributed by atoms with Gasteiger partial charge in [0.05, 0.1) is 13.7 Å². The van der Waals surface area contributed by atoms with Gasteiger partial charge in [-0.15, -0.1) is 0 Å². The maximum absolute atomic E-state index is 11.7. The Morgan fingerprint density at radius 1 is 0.875 bits per heavy atom. The molecule has 2 rings (SSSR count). The minimum Gasteiger partial charge on any atom is -0.497 e. The molecule has 0 saturated heterocycles. The van der Waals surface area contributed by atoms with Crippen molar-refractivity contribution in [1.29, 1.82) is 0 Å². The van der Waals surface area contributed by atoms with Crippen molar-refractivity contribution >= 4 is 6.03 Å². The summed E-state index contributed by atoms with van der Waals surface area (Å²) < 4.78 is 5.11. The van der Waals surface area contributed by atoms with Gasteiger partial charge in [0, 0.05) is 13.1 Å². The molecule has 0 bridgehead atoms. The Morgan fingerprint density at radius 2 is 1.33 bits per heavy atom. The van der Waals surface area contributed by atoms with Gasteiger partial charge in [0.25, 0.3) is 0 Å². The van der Waals surface area contributed by atoms with Crippen LogP contribution in [0.5, 0.6) is 5.75 Å². The molecule has 128 valence electrons. The van der Waals surface area contributed by atoms with E-state index in [0.29, 0.717) is 13.1 Å². The fourth-order valence-corrected chi connectivity index (χ4v) is 2.31. The van der Waals surface area contributed by atoms with Crippen molar-refractivity contribution in [3.63, 3.8) is 0 Å². The molecule has 0 aliphatic rings. The average Bonchev–Trinajstić information content (AvgIpc) is 2.63. The van der Waals surface area contributed by atoms with Crippen LogP contribution in [0.1, 0.15) is 16.7 Å². The highest BCUT2D eigenvalue weighted by Gasteiger charge is 2.01. The summed E-state index contributed by atoms with van der Waals surface area (Å²) in [6, 6.07) is 15.4. The van der Waals surface area contributed by atoms with Crippen molar-refractivity contribution in [2.24, 2.45) is 0 Å². The lowest BCUT2D eigenvalue weighted by atomic mass is 10.1. The third-order valence-corrected chi connectivity index (χ3v) is 3.76. The molecule has 0 heterocycles. The number of ether oxygens (including phenoxy) is 1. The van der Waals surface area contributed by atoms with Crippen molar-refractivity contribution < 1.29 is 14.6 Å². The second-order valence-corrected chi connectivity index (χ2v) is 5.51. The van der Waals surface area contributed by atoms with E-state index in [4.69, 9.17) is 9.84 Å². The van der Waals surface area contributed by atoms with Crippen LogP contribution in [0, 0.1) is 0 Å². The molecule has 0 aromatic heterocycles. The number of rotatable bonds is 8. The highest BCUT2D eigenvalue weighted by molar-refractivity contribution is 5.73. The van der Waals surface area contributed by atoms with Crippen LogP contribution in [0.2, 0.25) is 0 Å². The molecule has 0 saturated carbocycles. The van der Waals surface area contributed by atoms with E-state index in [1.54, 1.807) is 7.11 Å². The Bertz CT molecular complexity index is 569. The van der Waals surface area contributed by atoms with Crippen molar-refractivity contribution in [2.45, 2.75) is 19.4 Å². The smallest absolute Gasteiger partial charge is 0.314 e. The highest BCUT2D eigenvalue weighted by atomic mass is 16.5. The van der Waals surface area contributed by atoms with Crippen LogP contribution >= 0.6 is 0 Å². The lowest BCUT2D eigenvalue weighted by Crippen LogP contribution is -2.37. The molecule has 0 atom stereocenters. The third-order valence-electron chi connectivity index (χ3n) is 3.76. The number of hydrogen-bond acceptors (Lipinski definition) is 3. The van der Waals surface area contributed by atoms with Crippen molar-refractivity contribution in [3.8, 4) is 5.75 Å². The van der Waals surface area contributed by atoms with Crippen LogP contribution in [-0.4, -0.2) is 31.3 Å². The maximum Gasteiger partial charge on any atom is 0.314 e. The average molecular weight is 328 g/mol. The van der Waals surface area contributed by atoms with Crippen LogP contribution in [0.15, 0.2) is 48.5 Å². The number of aliphatic hydroxyl groups is 1. The van der Waals surface area contributed by atoms with E-state index < -0.39 is 0 Å².